The van der Waals surface area contributed by atoms with E-state index in [1.54, 1.807) is 97.1 Å². The van der Waals surface area contributed by atoms with Crippen LogP contribution in [0.5, 0.6) is 5.75 Å². The van der Waals surface area contributed by atoms with Crippen molar-refractivity contribution >= 4 is 58.1 Å². The number of aromatic nitrogens is 6. The van der Waals surface area contributed by atoms with E-state index in [0.29, 0.717) is 13.7 Å². The molecule has 7 aromatic rings. The maximum absolute atomic E-state index is 14.9. The lowest BCUT2D eigenvalue weighted by molar-refractivity contribution is -0.147. The number of aliphatic hydroxyl groups excluding tert-OH is 3. The summed E-state index contributed by atoms with van der Waals surface area (Å²) in [6.45, 7) is 4.12. The van der Waals surface area contributed by atoms with E-state index in [2.05, 4.69) is 30.2 Å². The summed E-state index contributed by atoms with van der Waals surface area (Å²) in [6, 6.07) is 34.5. The summed E-state index contributed by atoms with van der Waals surface area (Å²) in [7, 11) is -11.9. The minimum absolute atomic E-state index is 0.0124. The van der Waals surface area contributed by atoms with E-state index in [4.69, 9.17) is 63.7 Å². The van der Waals surface area contributed by atoms with Crippen LogP contribution in [-0.4, -0.2) is 168 Å². The molecule has 3 aliphatic heterocycles. The predicted molar refractivity (Wildman–Crippen MR) is 369 cm³/mol. The zero-order valence-electron chi connectivity index (χ0n) is 57.8. The summed E-state index contributed by atoms with van der Waals surface area (Å²) in [5.74, 6) is -14.4. The maximum Gasteiger partial charge on any atom is 0.459 e. The van der Waals surface area contributed by atoms with Gasteiger partial charge in [0.15, 0.2) is 18.3 Å². The number of rotatable bonds is 29. The van der Waals surface area contributed by atoms with Crippen molar-refractivity contribution in [1.29, 1.82) is 0 Å². The standard InChI is InChI=1S/C25H27F2N4O8P.2C20H25F2N4O7P/c1-16(22(33)36-14-17-8-4-2-5-9-17)30-40(35,39-18-10-6-3-7-11-18)37-15-19-21(32)25(26,27)23(38-19)31-13-12-20(28)29-24(31)34;2*1-12(17(28)31-10-13-6-4-3-5-7-13)25-34(2,30)32-11-14-16(27)20(21,22)18(33-14)26-9-8-15(23)24-19(26)29/h2-13,16,19,21,23,32H,14-15H2,1H3,(H,30,35)(H2,28,29,34);2*3-9,12,14,16,18,27H,10-11H2,1-2H3,(H,25,30)(H2,23,24,29)/t16-,19+,21?,23+,40-;12-,14+,16?,18+,34?;12-,14+,16?,18+,34-/m000/s1. The monoisotopic (exact) mass is 1580 g/mol. The largest absolute Gasteiger partial charge is 0.460 e. The minimum atomic E-state index is -4.46. The first-order valence-electron chi connectivity index (χ1n) is 32.4. The summed E-state index contributed by atoms with van der Waals surface area (Å²) < 4.78 is 181. The third-order valence-electron chi connectivity index (χ3n) is 15.7. The quantitative estimate of drug-likeness (QED) is 0.0126. The Morgan fingerprint density at radius 1 is 0.463 bits per heavy atom. The number of para-hydroxylation sites is 1. The number of hydrogen-bond acceptors (Lipinski definition) is 28. The van der Waals surface area contributed by atoms with Crippen LogP contribution in [0.2, 0.25) is 0 Å². The summed E-state index contributed by atoms with van der Waals surface area (Å²) in [5, 5.41) is 37.7. The molecular weight excluding hydrogens is 1510 g/mol. The zero-order valence-corrected chi connectivity index (χ0v) is 60.5. The number of anilines is 3. The average molecular weight is 1590 g/mol. The molecule has 4 aromatic carbocycles. The van der Waals surface area contributed by atoms with Crippen molar-refractivity contribution in [2.24, 2.45) is 0 Å². The Bertz CT molecular complexity index is 4360. The van der Waals surface area contributed by atoms with E-state index in [9.17, 15) is 84.1 Å². The van der Waals surface area contributed by atoms with Crippen molar-refractivity contribution in [2.45, 2.75) is 132 Å². The second kappa shape index (κ2) is 36.4. The first-order chi connectivity index (χ1) is 50.8. The molecule has 4 unspecified atom stereocenters. The van der Waals surface area contributed by atoms with Gasteiger partial charge in [-0.3, -0.25) is 41.7 Å². The number of nitrogens with one attached hydrogen (secondary N) is 3. The minimum Gasteiger partial charge on any atom is -0.460 e. The number of esters is 3. The number of carbonyl (C=O) groups excluding carboxylic acids is 3. The SMILES string of the molecule is C[C@H](NP(C)(=O)OC[C@H]1O[C@@H](n2ccc(N)nc2=O)C(F)(F)C1O)C(=O)OCc1ccccc1.C[C@H](N[P@@](C)(=O)OC[C@H]1O[C@@H](n2ccc(N)nc2=O)C(F)(F)C1O)C(=O)OCc1ccccc1.C[C@H](N[P@](=O)(OC[C@H]1O[C@@H](n2ccc(N)nc2=O)C(F)(F)C1O)Oc1ccccc1)C(=O)OCc1ccccc1. The van der Waals surface area contributed by atoms with Gasteiger partial charge in [0.05, 0.1) is 19.8 Å². The number of nitrogens with two attached hydrogens (primary N) is 3. The number of ether oxygens (including phenoxy) is 6. The molecule has 12 N–H and O–H groups in total. The molecule has 3 aliphatic rings. The fourth-order valence-electron chi connectivity index (χ4n) is 10.2. The van der Waals surface area contributed by atoms with Crippen molar-refractivity contribution in [3.8, 4) is 5.75 Å². The molecule has 0 bridgehead atoms. The summed E-state index contributed by atoms with van der Waals surface area (Å²) in [6.07, 6.45) is -15.9. The van der Waals surface area contributed by atoms with E-state index < -0.39 is 169 Å². The van der Waals surface area contributed by atoms with Crippen molar-refractivity contribution in [3.05, 3.63) is 206 Å². The molecule has 108 heavy (non-hydrogen) atoms. The first-order valence-corrected chi connectivity index (χ1v) is 38.0. The van der Waals surface area contributed by atoms with Crippen LogP contribution in [0.15, 0.2) is 173 Å². The van der Waals surface area contributed by atoms with E-state index in [1.165, 1.54) is 32.9 Å². The maximum atomic E-state index is 14.9. The molecule has 15 atom stereocenters. The van der Waals surface area contributed by atoms with E-state index in [0.717, 1.165) is 66.8 Å². The van der Waals surface area contributed by atoms with Gasteiger partial charge in [0.1, 0.15) is 79.5 Å². The first kappa shape index (κ1) is 84.5. The van der Waals surface area contributed by atoms with Crippen LogP contribution in [0.3, 0.4) is 0 Å². The Balaban J connectivity index is 0.000000205. The van der Waals surface area contributed by atoms with Gasteiger partial charge in [0.25, 0.3) is 15.0 Å². The number of aliphatic hydroxyl groups is 3. The lowest BCUT2D eigenvalue weighted by Gasteiger charge is -2.24. The molecule has 3 aromatic heterocycles. The second-order valence-electron chi connectivity index (χ2n) is 24.4. The van der Waals surface area contributed by atoms with Gasteiger partial charge in [-0.15, -0.1) is 0 Å². The number of hydrogen-bond donors (Lipinski definition) is 9. The molecule has 43 heteroatoms. The van der Waals surface area contributed by atoms with Gasteiger partial charge < -0.3 is 74.5 Å². The zero-order chi connectivity index (χ0) is 79.1. The van der Waals surface area contributed by atoms with Gasteiger partial charge in [-0.05, 0) is 67.8 Å². The molecule has 6 heterocycles. The van der Waals surface area contributed by atoms with E-state index in [1.807, 2.05) is 12.1 Å². The van der Waals surface area contributed by atoms with Crippen LogP contribution >= 0.6 is 22.8 Å². The van der Waals surface area contributed by atoms with Crippen molar-refractivity contribution in [3.63, 3.8) is 0 Å². The Labute approximate surface area is 610 Å². The highest BCUT2D eigenvalue weighted by Gasteiger charge is 2.62. The molecule has 3 fully saturated rings. The van der Waals surface area contributed by atoms with Gasteiger partial charge in [-0.1, -0.05) is 109 Å². The van der Waals surface area contributed by atoms with Crippen molar-refractivity contribution in [1.82, 2.24) is 43.9 Å². The topological polar surface area (TPSA) is 474 Å². The number of carbonyl (C=O) groups is 3. The average Bonchev–Trinajstić information content (AvgIpc) is 1.63. The molecule has 0 radical (unpaired) electrons. The van der Waals surface area contributed by atoms with Crippen LogP contribution in [0.25, 0.3) is 0 Å². The molecule has 586 valence electrons. The van der Waals surface area contributed by atoms with E-state index in [-0.39, 0.29) is 43.0 Å². The third-order valence-corrected chi connectivity index (χ3v) is 20.4. The van der Waals surface area contributed by atoms with Crippen LogP contribution in [0.1, 0.15) is 56.1 Å². The third kappa shape index (κ3) is 22.5. The summed E-state index contributed by atoms with van der Waals surface area (Å²) in [5.41, 5.74) is 15.1. The van der Waals surface area contributed by atoms with Crippen LogP contribution < -0.4 is 54.1 Å². The molecule has 3 saturated heterocycles. The Morgan fingerprint density at radius 3 is 1.02 bits per heavy atom. The normalized spacial score (nSPS) is 23.6. The van der Waals surface area contributed by atoms with E-state index >= 15 is 0 Å². The summed E-state index contributed by atoms with van der Waals surface area (Å²) in [4.78, 5) is 83.0. The smallest absolute Gasteiger partial charge is 0.459 e. The van der Waals surface area contributed by atoms with Gasteiger partial charge in [-0.25, -0.2) is 29.1 Å². The fourth-order valence-corrected chi connectivity index (χ4v) is 14.3. The highest BCUT2D eigenvalue weighted by Crippen LogP contribution is 2.50. The van der Waals surface area contributed by atoms with Crippen LogP contribution in [0.4, 0.5) is 43.8 Å². The number of halogens is 6. The van der Waals surface area contributed by atoms with Crippen LogP contribution in [-0.2, 0) is 89.9 Å². The molecule has 0 amide bonds. The Morgan fingerprint density at radius 2 is 0.731 bits per heavy atom. The Kier molecular flexibility index (Phi) is 28.5. The lowest BCUT2D eigenvalue weighted by atomic mass is 10.1. The molecule has 0 spiro atoms. The molecule has 0 aliphatic carbocycles. The van der Waals surface area contributed by atoms with Crippen LogP contribution in [0, 0.1) is 0 Å². The van der Waals surface area contributed by atoms with Gasteiger partial charge in [0.2, 0.25) is 18.7 Å². The van der Waals surface area contributed by atoms with Crippen molar-refractivity contribution in [2.75, 3.05) is 50.4 Å². The van der Waals surface area contributed by atoms with Crippen molar-refractivity contribution < 1.29 is 116 Å². The predicted octanol–water partition coefficient (Wildman–Crippen LogP) is 5.20. The summed E-state index contributed by atoms with van der Waals surface area (Å²) >= 11 is 0. The van der Waals surface area contributed by atoms with Gasteiger partial charge in [0, 0.05) is 31.9 Å². The molecular formula is C65H77F6N12O22P3. The number of nitrogens with zero attached hydrogens (tertiary/aromatic N) is 6. The molecule has 34 nitrogen and oxygen atoms in total. The highest BCUT2D eigenvalue weighted by molar-refractivity contribution is 7.56. The number of benzene rings is 4. The number of nitrogen functional groups attached to an aromatic ring is 3. The second-order valence-corrected chi connectivity index (χ2v) is 30.5. The van der Waals surface area contributed by atoms with Gasteiger partial charge in [-0.2, -0.15) is 46.4 Å². The van der Waals surface area contributed by atoms with Gasteiger partial charge >= 0.3 is 60.5 Å². The molecule has 10 rings (SSSR count). The Hall–Kier alpha value is -9.08. The highest BCUT2D eigenvalue weighted by atomic mass is 31.2. The molecule has 0 saturated carbocycles. The lowest BCUT2D eigenvalue weighted by Crippen LogP contribution is -2.42. The fraction of sp³-hybridized carbons (Fsp3) is 0.400. The number of alkyl halides is 6.